The molecule has 0 fully saturated rings. The van der Waals surface area contributed by atoms with E-state index >= 15 is 0 Å². The predicted molar refractivity (Wildman–Crippen MR) is 111 cm³/mol. The van der Waals surface area contributed by atoms with Crippen LogP contribution in [-0.4, -0.2) is 41.8 Å². The van der Waals surface area contributed by atoms with Gasteiger partial charge < -0.3 is 15.0 Å². The molecule has 152 valence electrons. The number of hydrogen-bond acceptors (Lipinski definition) is 5. The Kier molecular flexibility index (Phi) is 7.90. The summed E-state index contributed by atoms with van der Waals surface area (Å²) in [6, 6.07) is 13.1. The zero-order chi connectivity index (χ0) is 21.2. The lowest BCUT2D eigenvalue weighted by atomic mass is 10.1. The number of benzene rings is 2. The van der Waals surface area contributed by atoms with E-state index in [1.807, 2.05) is 6.92 Å². The molecule has 0 aromatic heterocycles. The first kappa shape index (κ1) is 21.6. The Morgan fingerprint density at radius 1 is 1.17 bits per heavy atom. The molecule has 0 unspecified atom stereocenters. The van der Waals surface area contributed by atoms with E-state index in [4.69, 9.17) is 4.74 Å². The molecule has 0 radical (unpaired) electrons. The molecule has 0 aliphatic rings. The molecule has 0 saturated heterocycles. The number of nitro groups is 1. The third-order valence-electron chi connectivity index (χ3n) is 4.06. The van der Waals surface area contributed by atoms with E-state index in [-0.39, 0.29) is 18.1 Å². The van der Waals surface area contributed by atoms with Gasteiger partial charge in [0.15, 0.2) is 0 Å². The molecular formula is C21H23N3O5. The van der Waals surface area contributed by atoms with Crippen molar-refractivity contribution in [3.8, 4) is 5.75 Å². The molecule has 0 aliphatic carbocycles. The smallest absolute Gasteiger partial charge is 0.276 e. The Bertz CT molecular complexity index is 911. The van der Waals surface area contributed by atoms with Gasteiger partial charge in [0.2, 0.25) is 11.8 Å². The van der Waals surface area contributed by atoms with E-state index in [2.05, 4.69) is 5.32 Å². The molecule has 0 spiro atoms. The number of nitrogens with zero attached hydrogens (tertiary/aromatic N) is 2. The maximum atomic E-state index is 12.6. The third-order valence-corrected chi connectivity index (χ3v) is 4.06. The van der Waals surface area contributed by atoms with Crippen molar-refractivity contribution < 1.29 is 19.2 Å². The Morgan fingerprint density at radius 2 is 1.86 bits per heavy atom. The molecule has 0 atom stereocenters. The summed E-state index contributed by atoms with van der Waals surface area (Å²) in [5, 5.41) is 13.8. The van der Waals surface area contributed by atoms with Crippen LogP contribution in [0.2, 0.25) is 0 Å². The largest absolute Gasteiger partial charge is 0.495 e. The zero-order valence-electron chi connectivity index (χ0n) is 16.3. The lowest BCUT2D eigenvalue weighted by Crippen LogP contribution is -2.37. The van der Waals surface area contributed by atoms with Crippen LogP contribution in [0, 0.1) is 10.1 Å². The Labute approximate surface area is 168 Å². The molecule has 0 saturated carbocycles. The van der Waals surface area contributed by atoms with Crippen LogP contribution in [0.3, 0.4) is 0 Å². The van der Waals surface area contributed by atoms with Gasteiger partial charge >= 0.3 is 0 Å². The lowest BCUT2D eigenvalue weighted by molar-refractivity contribution is -0.385. The Morgan fingerprint density at radius 3 is 2.55 bits per heavy atom. The van der Waals surface area contributed by atoms with Gasteiger partial charge in [-0.15, -0.1) is 0 Å². The number of methoxy groups -OCH3 is 1. The van der Waals surface area contributed by atoms with Crippen LogP contribution in [0.4, 0.5) is 11.4 Å². The fourth-order valence-corrected chi connectivity index (χ4v) is 2.71. The molecule has 2 aromatic carbocycles. The quantitative estimate of drug-likeness (QED) is 0.396. The monoisotopic (exact) mass is 397 g/mol. The van der Waals surface area contributed by atoms with Gasteiger partial charge in [-0.1, -0.05) is 31.2 Å². The standard InChI is InChI=1S/C21H23N3O5/c1-3-14-23(15-20(25)22-17-9-5-7-11-19(17)29-2)21(26)13-12-16-8-4-6-10-18(16)24(27)28/h4-13H,3,14-15H2,1-2H3,(H,22,25)/b13-12+. The van der Waals surface area contributed by atoms with E-state index in [9.17, 15) is 19.7 Å². The SMILES string of the molecule is CCCN(CC(=O)Nc1ccccc1OC)C(=O)/C=C/c1ccccc1[N+](=O)[O-]. The third kappa shape index (κ3) is 6.17. The number of amides is 2. The molecule has 1 N–H and O–H groups in total. The van der Waals surface area contributed by atoms with Crippen molar-refractivity contribution in [2.45, 2.75) is 13.3 Å². The van der Waals surface area contributed by atoms with Gasteiger partial charge in [-0.05, 0) is 30.7 Å². The van der Waals surface area contributed by atoms with Crippen LogP contribution in [0.15, 0.2) is 54.6 Å². The van der Waals surface area contributed by atoms with Gasteiger partial charge in [0, 0.05) is 18.7 Å². The number of carbonyl (C=O) groups excluding carboxylic acids is 2. The number of carbonyl (C=O) groups is 2. The highest BCUT2D eigenvalue weighted by molar-refractivity contribution is 5.98. The average Bonchev–Trinajstić information content (AvgIpc) is 2.72. The van der Waals surface area contributed by atoms with Gasteiger partial charge in [0.1, 0.15) is 12.3 Å². The fraction of sp³-hybridized carbons (Fsp3) is 0.238. The minimum absolute atomic E-state index is 0.0903. The summed E-state index contributed by atoms with van der Waals surface area (Å²) in [6.07, 6.45) is 3.29. The van der Waals surface area contributed by atoms with Crippen LogP contribution in [0.1, 0.15) is 18.9 Å². The summed E-state index contributed by atoms with van der Waals surface area (Å²) < 4.78 is 5.20. The van der Waals surface area contributed by atoms with E-state index in [0.717, 1.165) is 0 Å². The summed E-state index contributed by atoms with van der Waals surface area (Å²) in [5.41, 5.74) is 0.743. The first-order valence-corrected chi connectivity index (χ1v) is 9.09. The minimum atomic E-state index is -0.505. The zero-order valence-corrected chi connectivity index (χ0v) is 16.3. The summed E-state index contributed by atoms with van der Waals surface area (Å²) >= 11 is 0. The van der Waals surface area contributed by atoms with Crippen molar-refractivity contribution >= 4 is 29.3 Å². The molecule has 2 amide bonds. The molecule has 0 bridgehead atoms. The number of ether oxygens (including phenoxy) is 1. The summed E-state index contributed by atoms with van der Waals surface area (Å²) in [5.74, 6) is -0.249. The van der Waals surface area contributed by atoms with Gasteiger partial charge in [-0.25, -0.2) is 0 Å². The van der Waals surface area contributed by atoms with Crippen LogP contribution >= 0.6 is 0 Å². The topological polar surface area (TPSA) is 102 Å². The molecule has 0 heterocycles. The number of rotatable bonds is 9. The molecule has 8 heteroatoms. The number of hydrogen-bond donors (Lipinski definition) is 1. The summed E-state index contributed by atoms with van der Waals surface area (Å²) in [6.45, 7) is 2.12. The van der Waals surface area contributed by atoms with Crippen LogP contribution < -0.4 is 10.1 Å². The van der Waals surface area contributed by atoms with E-state index in [1.165, 1.54) is 30.2 Å². The second kappa shape index (κ2) is 10.6. The maximum Gasteiger partial charge on any atom is 0.276 e. The lowest BCUT2D eigenvalue weighted by Gasteiger charge is -2.20. The second-order valence-corrected chi connectivity index (χ2v) is 6.16. The molecule has 2 rings (SSSR count). The van der Waals surface area contributed by atoms with Crippen LogP contribution in [0.5, 0.6) is 5.75 Å². The molecule has 0 aliphatic heterocycles. The average molecular weight is 397 g/mol. The van der Waals surface area contributed by atoms with Gasteiger partial charge in [-0.2, -0.15) is 0 Å². The van der Waals surface area contributed by atoms with E-state index < -0.39 is 10.8 Å². The number of nitro benzene ring substituents is 1. The van der Waals surface area contributed by atoms with E-state index in [1.54, 1.807) is 42.5 Å². The molecular weight excluding hydrogens is 374 g/mol. The Balaban J connectivity index is 2.09. The number of nitrogens with one attached hydrogen (secondary N) is 1. The molecule has 2 aromatic rings. The second-order valence-electron chi connectivity index (χ2n) is 6.16. The predicted octanol–water partition coefficient (Wildman–Crippen LogP) is 3.49. The van der Waals surface area contributed by atoms with Crippen molar-refractivity contribution in [1.29, 1.82) is 0 Å². The van der Waals surface area contributed by atoms with E-state index in [0.29, 0.717) is 30.0 Å². The highest BCUT2D eigenvalue weighted by Crippen LogP contribution is 2.23. The molecule has 29 heavy (non-hydrogen) atoms. The van der Waals surface area contributed by atoms with Gasteiger partial charge in [0.25, 0.3) is 5.69 Å². The maximum absolute atomic E-state index is 12.6. The minimum Gasteiger partial charge on any atom is -0.495 e. The van der Waals surface area contributed by atoms with Crippen LogP contribution in [-0.2, 0) is 9.59 Å². The van der Waals surface area contributed by atoms with Gasteiger partial charge in [-0.3, -0.25) is 19.7 Å². The molecule has 8 nitrogen and oxygen atoms in total. The first-order chi connectivity index (χ1) is 14.0. The van der Waals surface area contributed by atoms with Crippen molar-refractivity contribution in [3.05, 3.63) is 70.3 Å². The number of anilines is 1. The van der Waals surface area contributed by atoms with Crippen LogP contribution in [0.25, 0.3) is 6.08 Å². The summed E-state index contributed by atoms with van der Waals surface area (Å²) in [4.78, 5) is 36.9. The first-order valence-electron chi connectivity index (χ1n) is 9.09. The normalized spacial score (nSPS) is 10.6. The van der Waals surface area contributed by atoms with Crippen molar-refractivity contribution in [3.63, 3.8) is 0 Å². The highest BCUT2D eigenvalue weighted by Gasteiger charge is 2.16. The highest BCUT2D eigenvalue weighted by atomic mass is 16.6. The fourth-order valence-electron chi connectivity index (χ4n) is 2.71. The summed E-state index contributed by atoms with van der Waals surface area (Å²) in [7, 11) is 1.51. The van der Waals surface area contributed by atoms with Gasteiger partial charge in [0.05, 0.1) is 23.3 Å². The van der Waals surface area contributed by atoms with Crippen molar-refractivity contribution in [2.75, 3.05) is 25.5 Å². The number of para-hydroxylation sites is 3. The van der Waals surface area contributed by atoms with Crippen molar-refractivity contribution in [1.82, 2.24) is 4.90 Å². The Hall–Kier alpha value is -3.68. The van der Waals surface area contributed by atoms with Crippen molar-refractivity contribution in [2.24, 2.45) is 0 Å².